The number of halogens is 1. The van der Waals surface area contributed by atoms with Gasteiger partial charge in [-0.15, -0.1) is 0 Å². The Bertz CT molecular complexity index is 546. The van der Waals surface area contributed by atoms with E-state index >= 15 is 0 Å². The number of rotatable bonds is 5. The second kappa shape index (κ2) is 8.40. The predicted molar refractivity (Wildman–Crippen MR) is 78.2 cm³/mol. The Kier molecular flexibility index (Phi) is 6.86. The number of carbonyl (C=O) groups excluding carboxylic acids is 1. The number of amides is 1. The zero-order chi connectivity index (χ0) is 15.8. The van der Waals surface area contributed by atoms with E-state index in [0.29, 0.717) is 0 Å². The van der Waals surface area contributed by atoms with Crippen molar-refractivity contribution in [3.63, 3.8) is 0 Å². The van der Waals surface area contributed by atoms with Crippen molar-refractivity contribution in [1.29, 1.82) is 0 Å². The number of hydrogen-bond donors (Lipinski definition) is 2. The monoisotopic (exact) mass is 293 g/mol. The summed E-state index contributed by atoms with van der Waals surface area (Å²) in [5, 5.41) is 17.6. The minimum Gasteiger partial charge on any atom is -0.395 e. The van der Waals surface area contributed by atoms with Crippen LogP contribution in [0.4, 0.5) is 4.39 Å². The molecule has 5 heteroatoms. The van der Waals surface area contributed by atoms with E-state index in [4.69, 9.17) is 10.2 Å². The molecule has 1 amide bonds. The molecule has 0 aliphatic carbocycles. The van der Waals surface area contributed by atoms with E-state index in [-0.39, 0.29) is 49.3 Å². The molecule has 0 unspecified atom stereocenters. The molecular formula is C16H20FNO3. The minimum atomic E-state index is -0.570. The summed E-state index contributed by atoms with van der Waals surface area (Å²) in [6.07, 6.45) is 0.276. The summed E-state index contributed by atoms with van der Waals surface area (Å²) in [7, 11) is 0. The first kappa shape index (κ1) is 17.2. The SMILES string of the molecule is CC(C)N(CCO)C(=O)c1ccc(C#CCCO)c(F)c1. The summed E-state index contributed by atoms with van der Waals surface area (Å²) >= 11 is 0. The molecule has 0 saturated carbocycles. The van der Waals surface area contributed by atoms with Gasteiger partial charge in [-0.05, 0) is 32.0 Å². The lowest BCUT2D eigenvalue weighted by molar-refractivity contribution is 0.0665. The van der Waals surface area contributed by atoms with Gasteiger partial charge >= 0.3 is 0 Å². The fourth-order valence-corrected chi connectivity index (χ4v) is 1.83. The topological polar surface area (TPSA) is 60.8 Å². The summed E-state index contributed by atoms with van der Waals surface area (Å²) in [6, 6.07) is 4.03. The van der Waals surface area contributed by atoms with Crippen molar-refractivity contribution in [1.82, 2.24) is 4.90 Å². The van der Waals surface area contributed by atoms with Gasteiger partial charge in [0.25, 0.3) is 5.91 Å². The first-order valence-corrected chi connectivity index (χ1v) is 6.82. The largest absolute Gasteiger partial charge is 0.395 e. The van der Waals surface area contributed by atoms with Crippen LogP contribution in [0.1, 0.15) is 36.2 Å². The number of aliphatic hydroxyl groups excluding tert-OH is 2. The Labute approximate surface area is 124 Å². The van der Waals surface area contributed by atoms with Crippen molar-refractivity contribution in [2.75, 3.05) is 19.8 Å². The van der Waals surface area contributed by atoms with E-state index in [0.717, 1.165) is 6.07 Å². The Morgan fingerprint density at radius 2 is 2.05 bits per heavy atom. The quantitative estimate of drug-likeness (QED) is 0.807. The van der Waals surface area contributed by atoms with Crippen LogP contribution in [0.15, 0.2) is 18.2 Å². The molecule has 114 valence electrons. The van der Waals surface area contributed by atoms with Crippen LogP contribution in [0.2, 0.25) is 0 Å². The maximum absolute atomic E-state index is 13.9. The Balaban J connectivity index is 2.97. The van der Waals surface area contributed by atoms with Gasteiger partial charge in [0.05, 0.1) is 18.8 Å². The number of benzene rings is 1. The fraction of sp³-hybridized carbons (Fsp3) is 0.438. The molecule has 0 bridgehead atoms. The molecule has 21 heavy (non-hydrogen) atoms. The van der Waals surface area contributed by atoms with Crippen LogP contribution in [0.3, 0.4) is 0 Å². The van der Waals surface area contributed by atoms with Crippen molar-refractivity contribution >= 4 is 5.91 Å². The molecule has 1 aromatic rings. The summed E-state index contributed by atoms with van der Waals surface area (Å²) < 4.78 is 13.9. The van der Waals surface area contributed by atoms with Gasteiger partial charge in [0.2, 0.25) is 0 Å². The smallest absolute Gasteiger partial charge is 0.254 e. The molecule has 1 rings (SSSR count). The average molecular weight is 293 g/mol. The van der Waals surface area contributed by atoms with Gasteiger partial charge in [-0.3, -0.25) is 4.79 Å². The van der Waals surface area contributed by atoms with Crippen LogP contribution >= 0.6 is 0 Å². The third-order valence-electron chi connectivity index (χ3n) is 2.90. The normalized spacial score (nSPS) is 10.2. The molecule has 0 aliphatic rings. The summed E-state index contributed by atoms with van der Waals surface area (Å²) in [6.45, 7) is 3.65. The van der Waals surface area contributed by atoms with Crippen molar-refractivity contribution in [3.8, 4) is 11.8 Å². The number of nitrogens with zero attached hydrogens (tertiary/aromatic N) is 1. The van der Waals surface area contributed by atoms with Gasteiger partial charge in [0.15, 0.2) is 0 Å². The van der Waals surface area contributed by atoms with Crippen LogP contribution in [-0.2, 0) is 0 Å². The molecule has 2 N–H and O–H groups in total. The fourth-order valence-electron chi connectivity index (χ4n) is 1.83. The van der Waals surface area contributed by atoms with Crippen molar-refractivity contribution in [2.45, 2.75) is 26.3 Å². The second-order valence-corrected chi connectivity index (χ2v) is 4.79. The van der Waals surface area contributed by atoms with Gasteiger partial charge in [-0.1, -0.05) is 11.8 Å². The van der Waals surface area contributed by atoms with Gasteiger partial charge < -0.3 is 15.1 Å². The Morgan fingerprint density at radius 3 is 2.57 bits per heavy atom. The molecule has 0 fully saturated rings. The maximum Gasteiger partial charge on any atom is 0.254 e. The van der Waals surface area contributed by atoms with Gasteiger partial charge in [0.1, 0.15) is 5.82 Å². The zero-order valence-corrected chi connectivity index (χ0v) is 12.3. The lowest BCUT2D eigenvalue weighted by Crippen LogP contribution is -2.39. The minimum absolute atomic E-state index is 0.0737. The highest BCUT2D eigenvalue weighted by atomic mass is 19.1. The van der Waals surface area contributed by atoms with Crippen LogP contribution < -0.4 is 0 Å². The van der Waals surface area contributed by atoms with Crippen LogP contribution in [-0.4, -0.2) is 46.8 Å². The molecule has 0 atom stereocenters. The van der Waals surface area contributed by atoms with Gasteiger partial charge in [-0.2, -0.15) is 0 Å². The number of hydrogen-bond acceptors (Lipinski definition) is 3. The van der Waals surface area contributed by atoms with Crippen molar-refractivity contribution < 1.29 is 19.4 Å². The van der Waals surface area contributed by atoms with E-state index in [9.17, 15) is 9.18 Å². The molecule has 4 nitrogen and oxygen atoms in total. The Morgan fingerprint density at radius 1 is 1.33 bits per heavy atom. The first-order chi connectivity index (χ1) is 10.0. The highest BCUT2D eigenvalue weighted by molar-refractivity contribution is 5.94. The number of aliphatic hydroxyl groups is 2. The van der Waals surface area contributed by atoms with E-state index in [1.54, 1.807) is 0 Å². The van der Waals surface area contributed by atoms with Crippen molar-refractivity contribution in [3.05, 3.63) is 35.1 Å². The van der Waals surface area contributed by atoms with Gasteiger partial charge in [-0.25, -0.2) is 4.39 Å². The van der Waals surface area contributed by atoms with Crippen LogP contribution in [0, 0.1) is 17.7 Å². The third kappa shape index (κ3) is 4.85. The highest BCUT2D eigenvalue weighted by Gasteiger charge is 2.19. The molecular weight excluding hydrogens is 273 g/mol. The Hall–Kier alpha value is -1.90. The lowest BCUT2D eigenvalue weighted by atomic mass is 10.1. The molecule has 0 heterocycles. The van der Waals surface area contributed by atoms with E-state index in [1.165, 1.54) is 17.0 Å². The second-order valence-electron chi connectivity index (χ2n) is 4.79. The van der Waals surface area contributed by atoms with E-state index in [1.807, 2.05) is 13.8 Å². The molecule has 1 aromatic carbocycles. The maximum atomic E-state index is 13.9. The molecule has 0 aromatic heterocycles. The van der Waals surface area contributed by atoms with Gasteiger partial charge in [0, 0.05) is 24.6 Å². The third-order valence-corrected chi connectivity index (χ3v) is 2.90. The molecule has 0 radical (unpaired) electrons. The summed E-state index contributed by atoms with van der Waals surface area (Å²) in [5.41, 5.74) is 0.417. The zero-order valence-electron chi connectivity index (χ0n) is 12.3. The first-order valence-electron chi connectivity index (χ1n) is 6.82. The van der Waals surface area contributed by atoms with E-state index in [2.05, 4.69) is 11.8 Å². The highest BCUT2D eigenvalue weighted by Crippen LogP contribution is 2.13. The predicted octanol–water partition coefficient (Wildman–Crippen LogP) is 1.40. The molecule has 0 aliphatic heterocycles. The van der Waals surface area contributed by atoms with Crippen LogP contribution in [0.5, 0.6) is 0 Å². The van der Waals surface area contributed by atoms with Crippen molar-refractivity contribution in [2.24, 2.45) is 0 Å². The summed E-state index contributed by atoms with van der Waals surface area (Å²) in [5.74, 6) is 4.34. The summed E-state index contributed by atoms with van der Waals surface area (Å²) in [4.78, 5) is 13.8. The average Bonchev–Trinajstić information content (AvgIpc) is 2.45. The molecule has 0 spiro atoms. The lowest BCUT2D eigenvalue weighted by Gasteiger charge is -2.26. The van der Waals surface area contributed by atoms with Crippen LogP contribution in [0.25, 0.3) is 0 Å². The standard InChI is InChI=1S/C16H20FNO3/c1-12(2)18(8-10-20)16(21)14-7-6-13(15(17)11-14)5-3-4-9-19/h6-7,11-12,19-20H,4,8-10H2,1-2H3. The molecule has 0 saturated heterocycles. The number of carbonyl (C=O) groups is 1. The van der Waals surface area contributed by atoms with E-state index < -0.39 is 5.82 Å².